The summed E-state index contributed by atoms with van der Waals surface area (Å²) >= 11 is 0. The Morgan fingerprint density at radius 1 is 1.26 bits per heavy atom. The highest BCUT2D eigenvalue weighted by atomic mass is 19.1. The largest absolute Gasteiger partial charge is 0.478 e. The second-order valence-electron chi connectivity index (χ2n) is 4.34. The first kappa shape index (κ1) is 13.1. The maximum atomic E-state index is 13.0. The van der Waals surface area contributed by atoms with Crippen LogP contribution in [0.25, 0.3) is 0 Å². The maximum Gasteiger partial charge on any atom is 0.337 e. The first-order chi connectivity index (χ1) is 9.06. The zero-order valence-electron chi connectivity index (χ0n) is 10.5. The van der Waals surface area contributed by atoms with Crippen molar-refractivity contribution in [2.75, 3.05) is 5.32 Å². The molecule has 0 unspecified atom stereocenters. The molecule has 0 aliphatic heterocycles. The first-order valence-corrected chi connectivity index (χ1v) is 5.88. The molecule has 4 heteroatoms. The number of hydrogen-bond acceptors (Lipinski definition) is 2. The summed E-state index contributed by atoms with van der Waals surface area (Å²) in [6.07, 6.45) is 0. The molecule has 0 fully saturated rings. The minimum Gasteiger partial charge on any atom is -0.478 e. The third kappa shape index (κ3) is 3.31. The molecule has 0 heterocycles. The highest BCUT2D eigenvalue weighted by Gasteiger charge is 2.10. The summed E-state index contributed by atoms with van der Waals surface area (Å²) in [5.41, 5.74) is 2.53. The van der Waals surface area contributed by atoms with E-state index in [0.29, 0.717) is 12.2 Å². The lowest BCUT2D eigenvalue weighted by Gasteiger charge is -2.10. The zero-order valence-corrected chi connectivity index (χ0v) is 10.5. The van der Waals surface area contributed by atoms with Gasteiger partial charge in [-0.2, -0.15) is 0 Å². The molecule has 0 saturated carbocycles. The third-order valence-electron chi connectivity index (χ3n) is 2.78. The molecular formula is C15H14FNO2. The average Bonchev–Trinajstić information content (AvgIpc) is 2.37. The van der Waals surface area contributed by atoms with E-state index in [2.05, 4.69) is 5.32 Å². The van der Waals surface area contributed by atoms with Gasteiger partial charge in [0.15, 0.2) is 0 Å². The number of carboxylic acid groups (broad SMARTS) is 1. The molecule has 0 atom stereocenters. The number of aryl methyl sites for hydroxylation is 1. The molecule has 0 amide bonds. The van der Waals surface area contributed by atoms with Crippen molar-refractivity contribution in [1.82, 2.24) is 0 Å². The molecule has 3 nitrogen and oxygen atoms in total. The van der Waals surface area contributed by atoms with Crippen LogP contribution in [0.1, 0.15) is 21.5 Å². The molecule has 0 aromatic heterocycles. The molecular weight excluding hydrogens is 245 g/mol. The van der Waals surface area contributed by atoms with Gasteiger partial charge in [-0.3, -0.25) is 0 Å². The van der Waals surface area contributed by atoms with Crippen LogP contribution in [0, 0.1) is 12.7 Å². The fraction of sp³-hybridized carbons (Fsp3) is 0.133. The molecule has 98 valence electrons. The lowest BCUT2D eigenvalue weighted by molar-refractivity contribution is 0.0697. The molecule has 0 aliphatic rings. The lowest BCUT2D eigenvalue weighted by Crippen LogP contribution is -2.07. The minimum absolute atomic E-state index is 0.0624. The van der Waals surface area contributed by atoms with Gasteiger partial charge < -0.3 is 10.4 Å². The van der Waals surface area contributed by atoms with Gasteiger partial charge >= 0.3 is 5.97 Å². The van der Waals surface area contributed by atoms with Crippen LogP contribution in [0.2, 0.25) is 0 Å². The van der Waals surface area contributed by atoms with Gasteiger partial charge in [0.05, 0.1) is 5.56 Å². The van der Waals surface area contributed by atoms with Crippen molar-refractivity contribution in [2.45, 2.75) is 13.5 Å². The third-order valence-corrected chi connectivity index (χ3v) is 2.78. The Morgan fingerprint density at radius 3 is 2.74 bits per heavy atom. The highest BCUT2D eigenvalue weighted by Crippen LogP contribution is 2.18. The minimum atomic E-state index is -1.15. The number of hydrogen-bond donors (Lipinski definition) is 2. The van der Waals surface area contributed by atoms with Gasteiger partial charge in [0, 0.05) is 12.2 Å². The van der Waals surface area contributed by atoms with E-state index in [9.17, 15) is 9.18 Å². The van der Waals surface area contributed by atoms with Gasteiger partial charge in [-0.25, -0.2) is 9.18 Å². The van der Waals surface area contributed by atoms with Gasteiger partial charge in [0.25, 0.3) is 0 Å². The Labute approximate surface area is 110 Å². The van der Waals surface area contributed by atoms with Crippen molar-refractivity contribution in [3.05, 3.63) is 65.0 Å². The lowest BCUT2D eigenvalue weighted by atomic mass is 10.1. The summed E-state index contributed by atoms with van der Waals surface area (Å²) in [5, 5.41) is 12.0. The normalized spacial score (nSPS) is 10.2. The Balaban J connectivity index is 2.17. The van der Waals surface area contributed by atoms with Crippen LogP contribution in [-0.2, 0) is 6.54 Å². The van der Waals surface area contributed by atoms with E-state index in [4.69, 9.17) is 5.11 Å². The predicted molar refractivity (Wildman–Crippen MR) is 71.9 cm³/mol. The van der Waals surface area contributed by atoms with E-state index in [1.165, 1.54) is 12.1 Å². The van der Waals surface area contributed by atoms with E-state index >= 15 is 0 Å². The van der Waals surface area contributed by atoms with Crippen LogP contribution < -0.4 is 5.32 Å². The topological polar surface area (TPSA) is 49.3 Å². The molecule has 0 spiro atoms. The highest BCUT2D eigenvalue weighted by molar-refractivity contribution is 5.94. The van der Waals surface area contributed by atoms with Gasteiger partial charge in [-0.1, -0.05) is 29.8 Å². The molecule has 0 radical (unpaired) electrons. The van der Waals surface area contributed by atoms with Crippen LogP contribution in [0.3, 0.4) is 0 Å². The Bertz CT molecular complexity index is 611. The van der Waals surface area contributed by atoms with Crippen LogP contribution in [0.4, 0.5) is 10.1 Å². The maximum absolute atomic E-state index is 13.0. The van der Waals surface area contributed by atoms with Crippen LogP contribution in [0.15, 0.2) is 42.5 Å². The first-order valence-electron chi connectivity index (χ1n) is 5.88. The van der Waals surface area contributed by atoms with Gasteiger partial charge in [-0.05, 0) is 30.7 Å². The summed E-state index contributed by atoms with van der Waals surface area (Å²) in [5.74, 6) is -1.70. The summed E-state index contributed by atoms with van der Waals surface area (Å²) in [6, 6.07) is 11.6. The van der Waals surface area contributed by atoms with Crippen molar-refractivity contribution in [3.63, 3.8) is 0 Å². The Morgan fingerprint density at radius 2 is 2.05 bits per heavy atom. The number of rotatable bonds is 4. The number of benzene rings is 2. The van der Waals surface area contributed by atoms with E-state index in [1.54, 1.807) is 0 Å². The van der Waals surface area contributed by atoms with Crippen molar-refractivity contribution in [2.24, 2.45) is 0 Å². The second kappa shape index (κ2) is 5.52. The number of carboxylic acids is 1. The number of carbonyl (C=O) groups is 1. The molecule has 0 bridgehead atoms. The Hall–Kier alpha value is -2.36. The van der Waals surface area contributed by atoms with Gasteiger partial charge in [0.1, 0.15) is 5.82 Å². The number of nitrogens with one attached hydrogen (secondary N) is 1. The fourth-order valence-electron chi connectivity index (χ4n) is 1.87. The van der Waals surface area contributed by atoms with E-state index in [0.717, 1.165) is 17.2 Å². The molecule has 2 N–H and O–H groups in total. The molecule has 0 aliphatic carbocycles. The van der Waals surface area contributed by atoms with Crippen molar-refractivity contribution < 1.29 is 14.3 Å². The zero-order chi connectivity index (χ0) is 13.8. The number of anilines is 1. The predicted octanol–water partition coefficient (Wildman–Crippen LogP) is 3.44. The second-order valence-corrected chi connectivity index (χ2v) is 4.34. The molecule has 2 aromatic carbocycles. The van der Waals surface area contributed by atoms with Crippen molar-refractivity contribution in [1.29, 1.82) is 0 Å². The Kier molecular flexibility index (Phi) is 3.80. The van der Waals surface area contributed by atoms with Crippen molar-refractivity contribution in [3.8, 4) is 0 Å². The average molecular weight is 259 g/mol. The van der Waals surface area contributed by atoms with E-state index < -0.39 is 11.8 Å². The monoisotopic (exact) mass is 259 g/mol. The SMILES string of the molecule is Cc1cccc(CNc2ccc(F)cc2C(=O)O)c1. The fourth-order valence-corrected chi connectivity index (χ4v) is 1.87. The molecule has 2 rings (SSSR count). The summed E-state index contributed by atoms with van der Waals surface area (Å²) in [6.45, 7) is 2.48. The van der Waals surface area contributed by atoms with Crippen LogP contribution in [0.5, 0.6) is 0 Å². The van der Waals surface area contributed by atoms with Gasteiger partial charge in [-0.15, -0.1) is 0 Å². The van der Waals surface area contributed by atoms with Gasteiger partial charge in [0.2, 0.25) is 0 Å². The molecule has 19 heavy (non-hydrogen) atoms. The molecule has 2 aromatic rings. The molecule has 0 saturated heterocycles. The number of halogens is 1. The van der Waals surface area contributed by atoms with E-state index in [1.807, 2.05) is 31.2 Å². The van der Waals surface area contributed by atoms with Crippen LogP contribution in [-0.4, -0.2) is 11.1 Å². The van der Waals surface area contributed by atoms with E-state index in [-0.39, 0.29) is 5.56 Å². The smallest absolute Gasteiger partial charge is 0.337 e. The van der Waals surface area contributed by atoms with Crippen molar-refractivity contribution >= 4 is 11.7 Å². The quantitative estimate of drug-likeness (QED) is 0.884. The summed E-state index contributed by atoms with van der Waals surface area (Å²) in [4.78, 5) is 11.0. The standard InChI is InChI=1S/C15H14FNO2/c1-10-3-2-4-11(7-10)9-17-14-6-5-12(16)8-13(14)15(18)19/h2-8,17H,9H2,1H3,(H,18,19). The number of aromatic carboxylic acids is 1. The summed E-state index contributed by atoms with van der Waals surface area (Å²) in [7, 11) is 0. The van der Waals surface area contributed by atoms with Crippen LogP contribution >= 0.6 is 0 Å². The summed E-state index contributed by atoms with van der Waals surface area (Å²) < 4.78 is 13.0.